The van der Waals surface area contributed by atoms with Gasteiger partial charge >= 0.3 is 0 Å². The van der Waals surface area contributed by atoms with Gasteiger partial charge in [-0.05, 0) is 20.8 Å². The molecule has 55 valence electrons. The van der Waals surface area contributed by atoms with Gasteiger partial charge in [0.05, 0.1) is 19.6 Å². The van der Waals surface area contributed by atoms with Crippen molar-refractivity contribution in [2.45, 2.75) is 20.8 Å². The Morgan fingerprint density at radius 3 is 1.33 bits per heavy atom. The number of nitrogens with one attached hydrogen (secondary N) is 1. The molecule has 0 aromatic carbocycles. The molecule has 0 bridgehead atoms. The molecule has 0 saturated heterocycles. The normalized spacial score (nSPS) is 12.0. The maximum absolute atomic E-state index is 7.28. The van der Waals surface area contributed by atoms with Gasteiger partial charge in [0.15, 0.2) is 0 Å². The van der Waals surface area contributed by atoms with E-state index in [1.165, 1.54) is 0 Å². The van der Waals surface area contributed by atoms with Gasteiger partial charge in [0.25, 0.3) is 0 Å². The van der Waals surface area contributed by atoms with Crippen LogP contribution >= 0.6 is 0 Å². The molecule has 0 amide bonds. The molecule has 0 unspecified atom stereocenters. The quantitative estimate of drug-likeness (QED) is 0.509. The molecule has 0 spiro atoms. The molecule has 1 N–H and O–H groups in total. The van der Waals surface area contributed by atoms with E-state index in [9.17, 15) is 0 Å². The fourth-order valence-corrected chi connectivity index (χ4v) is 1.01. The average Bonchev–Trinajstić information content (AvgIpc) is 1.95. The van der Waals surface area contributed by atoms with Crippen LogP contribution in [0.1, 0.15) is 20.8 Å². The first kappa shape index (κ1) is 8.92. The van der Waals surface area contributed by atoms with Crippen LogP contribution in [0, 0.1) is 0 Å². The Labute approximate surface area is 58.2 Å². The van der Waals surface area contributed by atoms with Crippen LogP contribution < -0.4 is 5.73 Å². The first-order valence-electron chi connectivity index (χ1n) is 3.74. The first-order valence-corrected chi connectivity index (χ1v) is 3.74. The molecular weight excluding hydrogens is 112 g/mol. The fourth-order valence-electron chi connectivity index (χ4n) is 1.01. The van der Waals surface area contributed by atoms with Crippen LogP contribution in [0.2, 0.25) is 0 Å². The van der Waals surface area contributed by atoms with E-state index in [0.29, 0.717) is 6.67 Å². The lowest BCUT2D eigenvalue weighted by molar-refractivity contribution is -0.923. The second kappa shape index (κ2) is 3.85. The van der Waals surface area contributed by atoms with Gasteiger partial charge < -0.3 is 4.48 Å². The summed E-state index contributed by atoms with van der Waals surface area (Å²) in [7, 11) is 0. The molecule has 9 heavy (non-hydrogen) atoms. The molecule has 0 atom stereocenters. The van der Waals surface area contributed by atoms with Gasteiger partial charge in [-0.25, -0.2) is 5.73 Å². The van der Waals surface area contributed by atoms with Gasteiger partial charge in [0, 0.05) is 0 Å². The van der Waals surface area contributed by atoms with Crippen LogP contribution in [-0.2, 0) is 0 Å². The van der Waals surface area contributed by atoms with Gasteiger partial charge in [0.1, 0.15) is 6.67 Å². The minimum Gasteiger partial charge on any atom is -0.311 e. The maximum Gasteiger partial charge on any atom is 0.145 e. The van der Waals surface area contributed by atoms with Crippen LogP contribution in [0.3, 0.4) is 0 Å². The molecule has 2 heteroatoms. The topological polar surface area (TPSA) is 23.8 Å². The number of hydrogen-bond acceptors (Lipinski definition) is 0. The molecule has 2 nitrogen and oxygen atoms in total. The summed E-state index contributed by atoms with van der Waals surface area (Å²) in [5.41, 5.74) is 7.28. The van der Waals surface area contributed by atoms with E-state index >= 15 is 0 Å². The van der Waals surface area contributed by atoms with Gasteiger partial charge in [-0.2, -0.15) is 0 Å². The highest BCUT2D eigenvalue weighted by atomic mass is 15.4. The zero-order chi connectivity index (χ0) is 7.33. The Morgan fingerprint density at radius 2 is 1.33 bits per heavy atom. The molecule has 0 heterocycles. The number of rotatable bonds is 4. The molecule has 0 rings (SSSR count). The lowest BCUT2D eigenvalue weighted by Crippen LogP contribution is -2.48. The highest BCUT2D eigenvalue weighted by molar-refractivity contribution is 4.29. The SMILES string of the molecule is CC[N+](CC)(CC)C[NH]. The number of quaternary nitrogens is 1. The largest absolute Gasteiger partial charge is 0.311 e. The van der Waals surface area contributed by atoms with E-state index in [-0.39, 0.29) is 0 Å². The van der Waals surface area contributed by atoms with Crippen LogP contribution in [-0.4, -0.2) is 30.8 Å². The summed E-state index contributed by atoms with van der Waals surface area (Å²) in [6, 6.07) is 0. The molecule has 1 radical (unpaired) electrons. The van der Waals surface area contributed by atoms with Crippen LogP contribution in [0.4, 0.5) is 0 Å². The summed E-state index contributed by atoms with van der Waals surface area (Å²) in [5.74, 6) is 0. The summed E-state index contributed by atoms with van der Waals surface area (Å²) < 4.78 is 0.944. The van der Waals surface area contributed by atoms with E-state index in [2.05, 4.69) is 20.8 Å². The van der Waals surface area contributed by atoms with Crippen molar-refractivity contribution >= 4 is 0 Å². The Morgan fingerprint density at radius 1 is 1.00 bits per heavy atom. The third-order valence-corrected chi connectivity index (χ3v) is 2.35. The van der Waals surface area contributed by atoms with E-state index in [1.54, 1.807) is 0 Å². The highest BCUT2D eigenvalue weighted by Gasteiger charge is 2.17. The third-order valence-electron chi connectivity index (χ3n) is 2.35. The van der Waals surface area contributed by atoms with E-state index in [0.717, 1.165) is 24.1 Å². The predicted molar refractivity (Wildman–Crippen MR) is 39.8 cm³/mol. The molecule has 0 aliphatic carbocycles. The summed E-state index contributed by atoms with van der Waals surface area (Å²) in [4.78, 5) is 0. The smallest absolute Gasteiger partial charge is 0.145 e. The maximum atomic E-state index is 7.28. The van der Waals surface area contributed by atoms with Crippen molar-refractivity contribution in [3.63, 3.8) is 0 Å². The molecule has 0 aliphatic rings. The van der Waals surface area contributed by atoms with Crippen molar-refractivity contribution < 1.29 is 4.48 Å². The van der Waals surface area contributed by atoms with Crippen molar-refractivity contribution in [2.75, 3.05) is 26.3 Å². The Hall–Kier alpha value is -0.0800. The van der Waals surface area contributed by atoms with Crippen molar-refractivity contribution in [1.82, 2.24) is 5.73 Å². The van der Waals surface area contributed by atoms with E-state index < -0.39 is 0 Å². The Kier molecular flexibility index (Phi) is 3.82. The molecule has 0 aromatic rings. The lowest BCUT2D eigenvalue weighted by Gasteiger charge is -2.33. The van der Waals surface area contributed by atoms with Crippen LogP contribution in [0.5, 0.6) is 0 Å². The van der Waals surface area contributed by atoms with Gasteiger partial charge in [-0.15, -0.1) is 0 Å². The standard InChI is InChI=1S/C7H18N2/c1-4-9(5-2,6-3)7-8/h8H,4-7H2,1-3H3/q+1. The Balaban J connectivity index is 3.82. The van der Waals surface area contributed by atoms with Gasteiger partial charge in [0.2, 0.25) is 0 Å². The Bertz CT molecular complexity index is 49.8. The summed E-state index contributed by atoms with van der Waals surface area (Å²) in [6.45, 7) is 10.3. The minimum absolute atomic E-state index is 0.531. The van der Waals surface area contributed by atoms with Gasteiger partial charge in [-0.1, -0.05) is 0 Å². The molecule has 0 aliphatic heterocycles. The fraction of sp³-hybridized carbons (Fsp3) is 1.00. The summed E-state index contributed by atoms with van der Waals surface area (Å²) >= 11 is 0. The zero-order valence-electron chi connectivity index (χ0n) is 6.78. The first-order chi connectivity index (χ1) is 4.24. The second-order valence-electron chi connectivity index (χ2n) is 2.45. The minimum atomic E-state index is 0.531. The zero-order valence-corrected chi connectivity index (χ0v) is 6.78. The van der Waals surface area contributed by atoms with Crippen LogP contribution in [0.25, 0.3) is 0 Å². The third kappa shape index (κ3) is 1.95. The molecule has 0 saturated carbocycles. The molecule has 0 aromatic heterocycles. The number of nitrogens with zero attached hydrogens (tertiary/aromatic N) is 1. The monoisotopic (exact) mass is 130 g/mol. The highest BCUT2D eigenvalue weighted by Crippen LogP contribution is 2.01. The lowest BCUT2D eigenvalue weighted by atomic mass is 10.4. The summed E-state index contributed by atoms with van der Waals surface area (Å²) in [5, 5.41) is 0. The molecular formula is C7H18N2+. The number of hydrogen-bond donors (Lipinski definition) is 0. The van der Waals surface area contributed by atoms with Crippen molar-refractivity contribution in [3.8, 4) is 0 Å². The van der Waals surface area contributed by atoms with E-state index in [4.69, 9.17) is 5.73 Å². The van der Waals surface area contributed by atoms with Crippen molar-refractivity contribution in [2.24, 2.45) is 0 Å². The van der Waals surface area contributed by atoms with E-state index in [1.807, 2.05) is 0 Å². The average molecular weight is 130 g/mol. The second-order valence-corrected chi connectivity index (χ2v) is 2.45. The van der Waals surface area contributed by atoms with Crippen LogP contribution in [0.15, 0.2) is 0 Å². The van der Waals surface area contributed by atoms with Crippen molar-refractivity contribution in [1.29, 1.82) is 0 Å². The van der Waals surface area contributed by atoms with Crippen molar-refractivity contribution in [3.05, 3.63) is 0 Å². The summed E-state index contributed by atoms with van der Waals surface area (Å²) in [6.07, 6.45) is 0. The van der Waals surface area contributed by atoms with Gasteiger partial charge in [-0.3, -0.25) is 0 Å². The molecule has 0 fully saturated rings. The predicted octanol–water partition coefficient (Wildman–Crippen LogP) is 1.10.